The van der Waals surface area contributed by atoms with Crippen LogP contribution in [0.5, 0.6) is 0 Å². The van der Waals surface area contributed by atoms with Gasteiger partial charge in [-0.2, -0.15) is 0 Å². The minimum Gasteiger partial charge on any atom is -0.0651 e. The zero-order chi connectivity index (χ0) is 8.81. The Labute approximate surface area is 77.7 Å². The van der Waals surface area contributed by atoms with Crippen LogP contribution in [-0.2, 0) is 0 Å². The molecule has 71 valence electrons. The third-order valence-electron chi connectivity index (χ3n) is 3.38. The minimum absolute atomic E-state index is 0.940. The smallest absolute Gasteiger partial charge is 0.0412 e. The Morgan fingerprint density at radius 1 is 1.08 bits per heavy atom. The van der Waals surface area contributed by atoms with Gasteiger partial charge in [-0.1, -0.05) is 58.8 Å². The van der Waals surface area contributed by atoms with Crippen molar-refractivity contribution < 1.29 is 0 Å². The maximum absolute atomic E-state index is 4.05. The van der Waals surface area contributed by atoms with Crippen molar-refractivity contribution in [3.05, 3.63) is 6.92 Å². The highest BCUT2D eigenvalue weighted by molar-refractivity contribution is 4.70. The first-order chi connectivity index (χ1) is 5.86. The standard InChI is InChI=1S/C12H23/c1-3-11-8-6-5-7-9-12(4-2)10-11/h11-12H,1,3-10H2,2H3. The fraction of sp³-hybridized carbons (Fsp3) is 0.917. The number of hydrogen-bond donors (Lipinski definition) is 0. The first-order valence-electron chi connectivity index (χ1n) is 5.66. The van der Waals surface area contributed by atoms with Crippen LogP contribution < -0.4 is 0 Å². The predicted molar refractivity (Wildman–Crippen MR) is 54.9 cm³/mol. The second-order valence-electron chi connectivity index (χ2n) is 4.30. The summed E-state index contributed by atoms with van der Waals surface area (Å²) in [6.07, 6.45) is 11.3. The van der Waals surface area contributed by atoms with Gasteiger partial charge >= 0.3 is 0 Å². The molecule has 0 heterocycles. The molecule has 0 nitrogen and oxygen atoms in total. The van der Waals surface area contributed by atoms with E-state index in [1.54, 1.807) is 0 Å². The molecule has 0 bridgehead atoms. The fourth-order valence-electron chi connectivity index (χ4n) is 2.38. The summed E-state index contributed by atoms with van der Waals surface area (Å²) in [6.45, 7) is 6.39. The van der Waals surface area contributed by atoms with Gasteiger partial charge in [-0.15, -0.1) is 0 Å². The monoisotopic (exact) mass is 167 g/mol. The zero-order valence-electron chi connectivity index (χ0n) is 8.52. The molecule has 2 unspecified atom stereocenters. The maximum atomic E-state index is 4.05. The Hall–Kier alpha value is 0. The molecule has 1 fully saturated rings. The lowest BCUT2D eigenvalue weighted by molar-refractivity contribution is 0.291. The van der Waals surface area contributed by atoms with Gasteiger partial charge in [0.05, 0.1) is 0 Å². The normalized spacial score (nSPS) is 32.5. The topological polar surface area (TPSA) is 0 Å². The molecule has 0 heteroatoms. The van der Waals surface area contributed by atoms with Gasteiger partial charge in [0, 0.05) is 0 Å². The van der Waals surface area contributed by atoms with Gasteiger partial charge in [0.25, 0.3) is 0 Å². The van der Waals surface area contributed by atoms with Gasteiger partial charge in [0.15, 0.2) is 0 Å². The first-order valence-corrected chi connectivity index (χ1v) is 5.66. The van der Waals surface area contributed by atoms with E-state index in [0.717, 1.165) is 18.3 Å². The SMILES string of the molecule is [CH2]CC1CCCCCC(CC)C1. The molecular weight excluding hydrogens is 144 g/mol. The van der Waals surface area contributed by atoms with Crippen molar-refractivity contribution in [2.45, 2.75) is 58.3 Å². The van der Waals surface area contributed by atoms with Crippen LogP contribution in [0.1, 0.15) is 58.3 Å². The molecule has 0 aliphatic heterocycles. The summed E-state index contributed by atoms with van der Waals surface area (Å²) in [6, 6.07) is 0. The van der Waals surface area contributed by atoms with Crippen LogP contribution in [-0.4, -0.2) is 0 Å². The van der Waals surface area contributed by atoms with E-state index in [-0.39, 0.29) is 0 Å². The number of hydrogen-bond acceptors (Lipinski definition) is 0. The fourth-order valence-corrected chi connectivity index (χ4v) is 2.38. The first kappa shape index (κ1) is 10.1. The van der Waals surface area contributed by atoms with Crippen molar-refractivity contribution in [1.82, 2.24) is 0 Å². The van der Waals surface area contributed by atoms with Crippen molar-refractivity contribution in [3.8, 4) is 0 Å². The summed E-state index contributed by atoms with van der Waals surface area (Å²) in [5.74, 6) is 1.95. The summed E-state index contributed by atoms with van der Waals surface area (Å²) < 4.78 is 0. The van der Waals surface area contributed by atoms with Gasteiger partial charge < -0.3 is 0 Å². The van der Waals surface area contributed by atoms with Crippen LogP contribution in [0.2, 0.25) is 0 Å². The van der Waals surface area contributed by atoms with Crippen molar-refractivity contribution in [1.29, 1.82) is 0 Å². The summed E-state index contributed by atoms with van der Waals surface area (Å²) in [4.78, 5) is 0. The van der Waals surface area contributed by atoms with Crippen molar-refractivity contribution in [2.24, 2.45) is 11.8 Å². The second kappa shape index (κ2) is 5.61. The number of rotatable bonds is 2. The van der Waals surface area contributed by atoms with E-state index in [4.69, 9.17) is 0 Å². The lowest BCUT2D eigenvalue weighted by Gasteiger charge is -2.24. The van der Waals surface area contributed by atoms with Crippen LogP contribution in [0.3, 0.4) is 0 Å². The van der Waals surface area contributed by atoms with E-state index in [9.17, 15) is 0 Å². The van der Waals surface area contributed by atoms with Gasteiger partial charge in [-0.05, 0) is 18.3 Å². The Morgan fingerprint density at radius 3 is 2.33 bits per heavy atom. The highest BCUT2D eigenvalue weighted by Gasteiger charge is 2.15. The highest BCUT2D eigenvalue weighted by atomic mass is 14.2. The maximum Gasteiger partial charge on any atom is -0.0412 e. The Morgan fingerprint density at radius 2 is 1.75 bits per heavy atom. The quantitative estimate of drug-likeness (QED) is 0.578. The van der Waals surface area contributed by atoms with E-state index >= 15 is 0 Å². The Kier molecular flexibility index (Phi) is 4.72. The van der Waals surface area contributed by atoms with Crippen LogP contribution in [0, 0.1) is 18.8 Å². The lowest BCUT2D eigenvalue weighted by atomic mass is 9.82. The lowest BCUT2D eigenvalue weighted by Crippen LogP contribution is -2.10. The van der Waals surface area contributed by atoms with Crippen molar-refractivity contribution >= 4 is 0 Å². The molecule has 0 aromatic carbocycles. The molecule has 0 amide bonds. The third kappa shape index (κ3) is 3.16. The van der Waals surface area contributed by atoms with Gasteiger partial charge in [0.2, 0.25) is 0 Å². The zero-order valence-corrected chi connectivity index (χ0v) is 8.52. The molecule has 0 aromatic heterocycles. The average Bonchev–Trinajstić information content (AvgIpc) is 2.05. The summed E-state index contributed by atoms with van der Waals surface area (Å²) in [7, 11) is 0. The van der Waals surface area contributed by atoms with E-state index in [1.165, 1.54) is 44.9 Å². The van der Waals surface area contributed by atoms with E-state index in [2.05, 4.69) is 13.8 Å². The van der Waals surface area contributed by atoms with Crippen LogP contribution in [0.4, 0.5) is 0 Å². The highest BCUT2D eigenvalue weighted by Crippen LogP contribution is 2.29. The van der Waals surface area contributed by atoms with Gasteiger partial charge in [0.1, 0.15) is 0 Å². The molecule has 1 saturated carbocycles. The third-order valence-corrected chi connectivity index (χ3v) is 3.38. The molecule has 1 aliphatic rings. The molecule has 1 rings (SSSR count). The second-order valence-corrected chi connectivity index (χ2v) is 4.30. The van der Waals surface area contributed by atoms with Gasteiger partial charge in [-0.3, -0.25) is 0 Å². The molecule has 0 N–H and O–H groups in total. The summed E-state index contributed by atoms with van der Waals surface area (Å²) in [5, 5.41) is 0. The summed E-state index contributed by atoms with van der Waals surface area (Å²) in [5.41, 5.74) is 0. The largest absolute Gasteiger partial charge is 0.0651 e. The Balaban J connectivity index is 2.33. The predicted octanol–water partition coefficient (Wildman–Crippen LogP) is 4.21. The molecule has 1 radical (unpaired) electrons. The molecule has 2 atom stereocenters. The van der Waals surface area contributed by atoms with Crippen molar-refractivity contribution in [2.75, 3.05) is 0 Å². The summed E-state index contributed by atoms with van der Waals surface area (Å²) >= 11 is 0. The van der Waals surface area contributed by atoms with E-state index in [1.807, 2.05) is 0 Å². The van der Waals surface area contributed by atoms with E-state index < -0.39 is 0 Å². The Bertz CT molecular complexity index is 94.6. The molecule has 0 aromatic rings. The molecule has 12 heavy (non-hydrogen) atoms. The van der Waals surface area contributed by atoms with Crippen LogP contribution in [0.15, 0.2) is 0 Å². The van der Waals surface area contributed by atoms with Crippen LogP contribution >= 0.6 is 0 Å². The van der Waals surface area contributed by atoms with Gasteiger partial charge in [-0.25, -0.2) is 0 Å². The average molecular weight is 167 g/mol. The molecule has 0 spiro atoms. The van der Waals surface area contributed by atoms with Crippen LogP contribution in [0.25, 0.3) is 0 Å². The molecule has 1 aliphatic carbocycles. The van der Waals surface area contributed by atoms with Crippen molar-refractivity contribution in [3.63, 3.8) is 0 Å². The minimum atomic E-state index is 0.940. The molecular formula is C12H23. The molecule has 0 saturated heterocycles. The van der Waals surface area contributed by atoms with E-state index in [0.29, 0.717) is 0 Å².